The number of carbonyl (C=O) groups is 1. The summed E-state index contributed by atoms with van der Waals surface area (Å²) in [5.74, 6) is 0.147. The molecule has 19 heavy (non-hydrogen) atoms. The molecule has 1 atom stereocenters. The average molecular weight is 261 g/mol. The third-order valence-corrected chi connectivity index (χ3v) is 3.55. The molecule has 0 spiro atoms. The smallest absolute Gasteiger partial charge is 0.242 e. The van der Waals surface area contributed by atoms with Crippen LogP contribution in [0, 0.1) is 6.92 Å². The molecule has 4 heteroatoms. The Morgan fingerprint density at radius 3 is 3.05 bits per heavy atom. The van der Waals surface area contributed by atoms with Gasteiger partial charge in [-0.2, -0.15) is 0 Å². The van der Waals surface area contributed by atoms with Crippen molar-refractivity contribution in [3.8, 4) is 0 Å². The highest BCUT2D eigenvalue weighted by Gasteiger charge is 2.27. The second-order valence-electron chi connectivity index (χ2n) is 5.09. The highest BCUT2D eigenvalue weighted by molar-refractivity contribution is 5.85. The molecule has 2 rings (SSSR count). The van der Waals surface area contributed by atoms with E-state index in [0.717, 1.165) is 38.2 Å². The standard InChI is InChI=1S/C15H23N3O/c1-12-5-3-6-13(11-12)18-10-4-8-17-15(19)14(18)7-9-16-2/h3,5-6,11,14,16H,4,7-10H2,1-2H3,(H,17,19). The number of carbonyl (C=O) groups excluding carboxylic acids is 1. The minimum absolute atomic E-state index is 0.0725. The molecule has 0 radical (unpaired) electrons. The van der Waals surface area contributed by atoms with E-state index in [1.54, 1.807) is 0 Å². The van der Waals surface area contributed by atoms with Crippen molar-refractivity contribution < 1.29 is 4.79 Å². The largest absolute Gasteiger partial charge is 0.359 e. The summed E-state index contributed by atoms with van der Waals surface area (Å²) < 4.78 is 0. The molecule has 1 fully saturated rings. The maximum absolute atomic E-state index is 12.2. The molecule has 1 aliphatic rings. The van der Waals surface area contributed by atoms with Crippen molar-refractivity contribution in [2.75, 3.05) is 31.6 Å². The number of hydrogen-bond acceptors (Lipinski definition) is 3. The van der Waals surface area contributed by atoms with Crippen molar-refractivity contribution in [3.05, 3.63) is 29.8 Å². The maximum Gasteiger partial charge on any atom is 0.242 e. The zero-order valence-electron chi connectivity index (χ0n) is 11.8. The van der Waals surface area contributed by atoms with Gasteiger partial charge < -0.3 is 15.5 Å². The van der Waals surface area contributed by atoms with E-state index >= 15 is 0 Å². The fraction of sp³-hybridized carbons (Fsp3) is 0.533. The fourth-order valence-electron chi connectivity index (χ4n) is 2.56. The predicted octanol–water partition coefficient (Wildman–Crippen LogP) is 1.30. The molecule has 1 unspecified atom stereocenters. The van der Waals surface area contributed by atoms with Crippen LogP contribution >= 0.6 is 0 Å². The van der Waals surface area contributed by atoms with E-state index in [0.29, 0.717) is 0 Å². The number of benzene rings is 1. The fourth-order valence-corrected chi connectivity index (χ4v) is 2.56. The first-order valence-electron chi connectivity index (χ1n) is 6.98. The first-order chi connectivity index (χ1) is 9.22. The Labute approximate surface area is 115 Å². The normalized spacial score (nSPS) is 20.0. The van der Waals surface area contributed by atoms with Gasteiger partial charge in [-0.1, -0.05) is 12.1 Å². The number of amides is 1. The zero-order valence-corrected chi connectivity index (χ0v) is 11.8. The van der Waals surface area contributed by atoms with Gasteiger partial charge in [0.1, 0.15) is 6.04 Å². The molecular formula is C15H23N3O. The van der Waals surface area contributed by atoms with Crippen LogP contribution in [0.3, 0.4) is 0 Å². The number of hydrogen-bond donors (Lipinski definition) is 2. The van der Waals surface area contributed by atoms with E-state index < -0.39 is 0 Å². The van der Waals surface area contributed by atoms with E-state index in [9.17, 15) is 4.79 Å². The van der Waals surface area contributed by atoms with E-state index in [-0.39, 0.29) is 11.9 Å². The van der Waals surface area contributed by atoms with Gasteiger partial charge in [-0.05, 0) is 51.1 Å². The van der Waals surface area contributed by atoms with Crippen molar-refractivity contribution >= 4 is 11.6 Å². The highest BCUT2D eigenvalue weighted by Crippen LogP contribution is 2.21. The monoisotopic (exact) mass is 261 g/mol. The van der Waals surface area contributed by atoms with Gasteiger partial charge in [0, 0.05) is 18.8 Å². The SMILES string of the molecule is CNCCC1C(=O)NCCCN1c1cccc(C)c1. The van der Waals surface area contributed by atoms with Crippen molar-refractivity contribution in [2.45, 2.75) is 25.8 Å². The van der Waals surface area contributed by atoms with Gasteiger partial charge in [-0.15, -0.1) is 0 Å². The molecule has 1 saturated heterocycles. The van der Waals surface area contributed by atoms with Crippen LogP contribution < -0.4 is 15.5 Å². The summed E-state index contributed by atoms with van der Waals surface area (Å²) in [7, 11) is 1.92. The average Bonchev–Trinajstić information content (AvgIpc) is 2.58. The number of nitrogens with zero attached hydrogens (tertiary/aromatic N) is 1. The topological polar surface area (TPSA) is 44.4 Å². The Balaban J connectivity index is 2.24. The van der Waals surface area contributed by atoms with Crippen LogP contribution in [0.15, 0.2) is 24.3 Å². The molecule has 1 aliphatic heterocycles. The first-order valence-corrected chi connectivity index (χ1v) is 6.98. The molecule has 1 heterocycles. The molecule has 0 aliphatic carbocycles. The minimum atomic E-state index is -0.0725. The Hall–Kier alpha value is -1.55. The molecular weight excluding hydrogens is 238 g/mol. The van der Waals surface area contributed by atoms with Gasteiger partial charge in [0.25, 0.3) is 0 Å². The Kier molecular flexibility index (Phi) is 4.80. The van der Waals surface area contributed by atoms with Gasteiger partial charge >= 0.3 is 0 Å². The lowest BCUT2D eigenvalue weighted by Gasteiger charge is -2.30. The van der Waals surface area contributed by atoms with Crippen molar-refractivity contribution in [1.29, 1.82) is 0 Å². The van der Waals surface area contributed by atoms with Gasteiger partial charge in [-0.25, -0.2) is 0 Å². The number of rotatable bonds is 4. The molecule has 0 aromatic heterocycles. The minimum Gasteiger partial charge on any atom is -0.359 e. The van der Waals surface area contributed by atoms with Gasteiger partial charge in [0.15, 0.2) is 0 Å². The highest BCUT2D eigenvalue weighted by atomic mass is 16.2. The lowest BCUT2D eigenvalue weighted by molar-refractivity contribution is -0.122. The van der Waals surface area contributed by atoms with E-state index in [1.165, 1.54) is 5.56 Å². The van der Waals surface area contributed by atoms with Crippen molar-refractivity contribution in [3.63, 3.8) is 0 Å². The summed E-state index contributed by atoms with van der Waals surface area (Å²) in [5.41, 5.74) is 2.38. The predicted molar refractivity (Wildman–Crippen MR) is 78.5 cm³/mol. The van der Waals surface area contributed by atoms with Crippen LogP contribution in [0.25, 0.3) is 0 Å². The molecule has 2 N–H and O–H groups in total. The van der Waals surface area contributed by atoms with Crippen LogP contribution in [-0.4, -0.2) is 38.6 Å². The summed E-state index contributed by atoms with van der Waals surface area (Å²) >= 11 is 0. The molecule has 1 aromatic rings. The van der Waals surface area contributed by atoms with Crippen LogP contribution in [0.4, 0.5) is 5.69 Å². The van der Waals surface area contributed by atoms with E-state index in [1.807, 2.05) is 7.05 Å². The lowest BCUT2D eigenvalue weighted by Crippen LogP contribution is -2.45. The molecule has 104 valence electrons. The summed E-state index contributed by atoms with van der Waals surface area (Å²) in [6.45, 7) is 4.64. The number of nitrogens with one attached hydrogen (secondary N) is 2. The van der Waals surface area contributed by atoms with Gasteiger partial charge in [0.2, 0.25) is 5.91 Å². The van der Waals surface area contributed by atoms with E-state index in [2.05, 4.69) is 46.7 Å². The number of aryl methyl sites for hydroxylation is 1. The Morgan fingerprint density at radius 2 is 2.32 bits per heavy atom. The Morgan fingerprint density at radius 1 is 1.47 bits per heavy atom. The van der Waals surface area contributed by atoms with E-state index in [4.69, 9.17) is 0 Å². The summed E-state index contributed by atoms with van der Waals surface area (Å²) in [6.07, 6.45) is 1.83. The summed E-state index contributed by atoms with van der Waals surface area (Å²) in [6, 6.07) is 8.33. The second-order valence-corrected chi connectivity index (χ2v) is 5.09. The molecule has 0 bridgehead atoms. The summed E-state index contributed by atoms with van der Waals surface area (Å²) in [5, 5.41) is 6.14. The molecule has 4 nitrogen and oxygen atoms in total. The van der Waals surface area contributed by atoms with Crippen LogP contribution in [0.5, 0.6) is 0 Å². The molecule has 1 aromatic carbocycles. The van der Waals surface area contributed by atoms with Crippen LogP contribution in [-0.2, 0) is 4.79 Å². The van der Waals surface area contributed by atoms with Crippen LogP contribution in [0.2, 0.25) is 0 Å². The van der Waals surface area contributed by atoms with Crippen molar-refractivity contribution in [2.24, 2.45) is 0 Å². The number of anilines is 1. The van der Waals surface area contributed by atoms with Crippen LogP contribution in [0.1, 0.15) is 18.4 Å². The molecule has 1 amide bonds. The van der Waals surface area contributed by atoms with Gasteiger partial charge in [0.05, 0.1) is 0 Å². The zero-order chi connectivity index (χ0) is 13.7. The summed E-state index contributed by atoms with van der Waals surface area (Å²) in [4.78, 5) is 14.5. The third kappa shape index (κ3) is 3.47. The molecule has 0 saturated carbocycles. The Bertz CT molecular complexity index is 433. The second kappa shape index (κ2) is 6.57. The quantitative estimate of drug-likeness (QED) is 0.858. The lowest BCUT2D eigenvalue weighted by atomic mass is 10.1. The van der Waals surface area contributed by atoms with Crippen molar-refractivity contribution in [1.82, 2.24) is 10.6 Å². The third-order valence-electron chi connectivity index (χ3n) is 3.55. The first kappa shape index (κ1) is 13.9. The maximum atomic E-state index is 12.2. The van der Waals surface area contributed by atoms with Gasteiger partial charge in [-0.3, -0.25) is 4.79 Å².